The van der Waals surface area contributed by atoms with Crippen LogP contribution in [0.1, 0.15) is 44.1 Å². The molecule has 27 heavy (non-hydrogen) atoms. The Labute approximate surface area is 164 Å². The lowest BCUT2D eigenvalue weighted by Gasteiger charge is -2.33. The molecule has 2 aromatic heterocycles. The van der Waals surface area contributed by atoms with Crippen molar-refractivity contribution in [2.75, 3.05) is 4.72 Å². The molecule has 0 saturated heterocycles. The number of rotatable bonds is 3. The van der Waals surface area contributed by atoms with Crippen LogP contribution in [0.5, 0.6) is 0 Å². The Morgan fingerprint density at radius 1 is 1.26 bits per heavy atom. The summed E-state index contributed by atoms with van der Waals surface area (Å²) < 4.78 is 34.5. The summed E-state index contributed by atoms with van der Waals surface area (Å²) in [6.07, 6.45) is 3.06. The van der Waals surface area contributed by atoms with Crippen LogP contribution < -0.4 is 4.72 Å². The van der Waals surface area contributed by atoms with Crippen molar-refractivity contribution in [1.82, 2.24) is 0 Å². The highest BCUT2D eigenvalue weighted by molar-refractivity contribution is 7.94. The number of nitrogens with one attached hydrogen (secondary N) is 1. The molecular formula is C21H25NO3S2. The van der Waals surface area contributed by atoms with Crippen molar-refractivity contribution in [1.29, 1.82) is 0 Å². The maximum Gasteiger partial charge on any atom is 0.271 e. The number of thiophene rings is 1. The minimum atomic E-state index is -3.56. The van der Waals surface area contributed by atoms with E-state index in [1.807, 2.05) is 19.1 Å². The van der Waals surface area contributed by atoms with Gasteiger partial charge in [-0.15, -0.1) is 11.3 Å². The number of anilines is 1. The van der Waals surface area contributed by atoms with Gasteiger partial charge in [-0.2, -0.15) is 0 Å². The minimum Gasteiger partial charge on any atom is -0.461 e. The van der Waals surface area contributed by atoms with Gasteiger partial charge in [0.2, 0.25) is 0 Å². The standard InChI is InChI=1S/C21H25NO3S2/c1-13-10-19-16(12-17(13)22-27(23,24)20-6-5-9-26-20)15-11-14(21(2,3)4)7-8-18(15)25-19/h5-6,9-10,12,14,22H,7-8,11H2,1-4H3/t14-/m1/s1. The van der Waals surface area contributed by atoms with Crippen LogP contribution in [-0.4, -0.2) is 8.42 Å². The second-order valence-corrected chi connectivity index (χ2v) is 11.4. The van der Waals surface area contributed by atoms with Crippen molar-refractivity contribution in [3.8, 4) is 0 Å². The van der Waals surface area contributed by atoms with E-state index in [2.05, 4.69) is 25.5 Å². The van der Waals surface area contributed by atoms with Gasteiger partial charge in [-0.05, 0) is 60.2 Å². The van der Waals surface area contributed by atoms with E-state index in [-0.39, 0.29) is 5.41 Å². The second kappa shape index (κ2) is 6.38. The number of benzene rings is 1. The van der Waals surface area contributed by atoms with Crippen molar-refractivity contribution < 1.29 is 12.8 Å². The number of fused-ring (bicyclic) bond motifs is 3. The number of aryl methyl sites for hydroxylation is 2. The van der Waals surface area contributed by atoms with E-state index in [0.29, 0.717) is 15.8 Å². The Hall–Kier alpha value is -1.79. The van der Waals surface area contributed by atoms with Crippen LogP contribution in [0, 0.1) is 18.3 Å². The molecule has 0 spiro atoms. The third kappa shape index (κ3) is 3.41. The Morgan fingerprint density at radius 3 is 2.70 bits per heavy atom. The Kier molecular flexibility index (Phi) is 4.39. The van der Waals surface area contributed by atoms with E-state index in [1.165, 1.54) is 16.9 Å². The molecule has 1 aliphatic rings. The third-order valence-electron chi connectivity index (χ3n) is 5.62. The minimum absolute atomic E-state index is 0.246. The van der Waals surface area contributed by atoms with Crippen molar-refractivity contribution in [3.63, 3.8) is 0 Å². The van der Waals surface area contributed by atoms with Gasteiger partial charge in [0, 0.05) is 17.4 Å². The second-order valence-electron chi connectivity index (χ2n) is 8.51. The van der Waals surface area contributed by atoms with E-state index in [0.717, 1.165) is 41.6 Å². The monoisotopic (exact) mass is 403 g/mol. The maximum atomic E-state index is 12.6. The van der Waals surface area contributed by atoms with Crippen molar-refractivity contribution in [3.05, 3.63) is 46.5 Å². The average molecular weight is 404 g/mol. The first-order chi connectivity index (χ1) is 12.6. The molecule has 1 aromatic carbocycles. The highest BCUT2D eigenvalue weighted by Crippen LogP contribution is 2.42. The molecule has 1 atom stereocenters. The van der Waals surface area contributed by atoms with Gasteiger partial charge in [-0.3, -0.25) is 4.72 Å². The summed E-state index contributed by atoms with van der Waals surface area (Å²) in [5.74, 6) is 1.65. The van der Waals surface area contributed by atoms with Gasteiger partial charge in [0.15, 0.2) is 0 Å². The van der Waals surface area contributed by atoms with Gasteiger partial charge in [0.05, 0.1) is 5.69 Å². The van der Waals surface area contributed by atoms with Crippen LogP contribution in [-0.2, 0) is 22.9 Å². The first-order valence-corrected chi connectivity index (χ1v) is 11.6. The summed E-state index contributed by atoms with van der Waals surface area (Å²) in [5.41, 5.74) is 3.83. The highest BCUT2D eigenvalue weighted by atomic mass is 32.2. The fourth-order valence-electron chi connectivity index (χ4n) is 3.89. The largest absolute Gasteiger partial charge is 0.461 e. The summed E-state index contributed by atoms with van der Waals surface area (Å²) in [6.45, 7) is 8.77. The highest BCUT2D eigenvalue weighted by Gasteiger charge is 2.32. The maximum absolute atomic E-state index is 12.6. The number of furan rings is 1. The van der Waals surface area contributed by atoms with Gasteiger partial charge in [-0.1, -0.05) is 26.8 Å². The molecule has 0 fully saturated rings. The zero-order chi connectivity index (χ0) is 19.4. The average Bonchev–Trinajstić information content (AvgIpc) is 3.22. The molecule has 0 saturated carbocycles. The first kappa shape index (κ1) is 18.6. The van der Waals surface area contributed by atoms with Crippen molar-refractivity contribution in [2.45, 2.75) is 51.2 Å². The number of hydrogen-bond donors (Lipinski definition) is 1. The zero-order valence-electron chi connectivity index (χ0n) is 16.1. The van der Waals surface area contributed by atoms with E-state index < -0.39 is 10.0 Å². The molecule has 6 heteroatoms. The molecule has 4 rings (SSSR count). The van der Waals surface area contributed by atoms with Gasteiger partial charge in [-0.25, -0.2) is 8.42 Å². The van der Waals surface area contributed by atoms with Crippen LogP contribution in [0.3, 0.4) is 0 Å². The molecule has 0 amide bonds. The SMILES string of the molecule is Cc1cc2oc3c(c2cc1NS(=O)(=O)c1cccs1)C[C@H](C(C)(C)C)CC3. The lowest BCUT2D eigenvalue weighted by molar-refractivity contribution is 0.210. The fraction of sp³-hybridized carbons (Fsp3) is 0.429. The predicted molar refractivity (Wildman–Crippen MR) is 111 cm³/mol. The van der Waals surface area contributed by atoms with E-state index in [1.54, 1.807) is 17.5 Å². The van der Waals surface area contributed by atoms with Gasteiger partial charge >= 0.3 is 0 Å². The number of hydrogen-bond acceptors (Lipinski definition) is 4. The van der Waals surface area contributed by atoms with Crippen LogP contribution in [0.2, 0.25) is 0 Å². The van der Waals surface area contributed by atoms with Crippen molar-refractivity contribution >= 4 is 38.0 Å². The van der Waals surface area contributed by atoms with Crippen LogP contribution >= 0.6 is 11.3 Å². The van der Waals surface area contributed by atoms with Gasteiger partial charge in [0.1, 0.15) is 15.6 Å². The number of sulfonamides is 1. The van der Waals surface area contributed by atoms with E-state index >= 15 is 0 Å². The summed E-state index contributed by atoms with van der Waals surface area (Å²) in [5, 5.41) is 2.80. The molecular weight excluding hydrogens is 378 g/mol. The third-order valence-corrected chi connectivity index (χ3v) is 8.38. The summed E-state index contributed by atoms with van der Waals surface area (Å²) in [4.78, 5) is 0. The Balaban J connectivity index is 1.75. The molecule has 2 heterocycles. The Bertz CT molecular complexity index is 1090. The quantitative estimate of drug-likeness (QED) is 0.605. The van der Waals surface area contributed by atoms with E-state index in [4.69, 9.17) is 4.42 Å². The van der Waals surface area contributed by atoms with Crippen LogP contribution in [0.4, 0.5) is 5.69 Å². The summed E-state index contributed by atoms with van der Waals surface area (Å²) in [6, 6.07) is 7.26. The summed E-state index contributed by atoms with van der Waals surface area (Å²) >= 11 is 1.22. The molecule has 0 aliphatic heterocycles. The van der Waals surface area contributed by atoms with Gasteiger partial charge in [0.25, 0.3) is 10.0 Å². The van der Waals surface area contributed by atoms with Gasteiger partial charge < -0.3 is 4.42 Å². The summed E-state index contributed by atoms with van der Waals surface area (Å²) in [7, 11) is -3.56. The first-order valence-electron chi connectivity index (χ1n) is 9.26. The molecule has 1 aliphatic carbocycles. The molecule has 4 nitrogen and oxygen atoms in total. The molecule has 144 valence electrons. The molecule has 0 unspecified atom stereocenters. The topological polar surface area (TPSA) is 59.3 Å². The predicted octanol–water partition coefficient (Wildman–Crippen LogP) is 5.75. The fourth-order valence-corrected chi connectivity index (χ4v) is 6.00. The molecule has 1 N–H and O–H groups in total. The van der Waals surface area contributed by atoms with E-state index in [9.17, 15) is 8.42 Å². The molecule has 0 bridgehead atoms. The molecule has 3 aromatic rings. The molecule has 0 radical (unpaired) electrons. The Morgan fingerprint density at radius 2 is 2.04 bits per heavy atom. The van der Waals surface area contributed by atoms with Crippen LogP contribution in [0.25, 0.3) is 11.0 Å². The van der Waals surface area contributed by atoms with Crippen LogP contribution in [0.15, 0.2) is 38.3 Å². The zero-order valence-corrected chi connectivity index (χ0v) is 17.8. The normalized spacial score (nSPS) is 17.9. The lowest BCUT2D eigenvalue weighted by Crippen LogP contribution is -2.26. The smallest absolute Gasteiger partial charge is 0.271 e. The lowest BCUT2D eigenvalue weighted by atomic mass is 9.71. The van der Waals surface area contributed by atoms with Crippen molar-refractivity contribution in [2.24, 2.45) is 11.3 Å².